The van der Waals surface area contributed by atoms with E-state index in [-0.39, 0.29) is 12.5 Å². The lowest BCUT2D eigenvalue weighted by Gasteiger charge is -2.36. The van der Waals surface area contributed by atoms with Crippen molar-refractivity contribution in [3.8, 4) is 5.75 Å². The molecule has 0 atom stereocenters. The number of ether oxygens (including phenoxy) is 1. The first-order chi connectivity index (χ1) is 15.9. The second-order valence-corrected chi connectivity index (χ2v) is 8.33. The Bertz CT molecular complexity index is 981. The molecule has 1 N–H and O–H groups in total. The first-order valence-electron chi connectivity index (χ1n) is 11.3. The van der Waals surface area contributed by atoms with Crippen molar-refractivity contribution in [2.45, 2.75) is 19.0 Å². The first kappa shape index (κ1) is 23.2. The van der Waals surface area contributed by atoms with E-state index >= 15 is 0 Å². The van der Waals surface area contributed by atoms with E-state index in [1.807, 2.05) is 30.3 Å². The Morgan fingerprint density at radius 3 is 2.42 bits per heavy atom. The molecule has 0 bridgehead atoms. The lowest BCUT2D eigenvalue weighted by molar-refractivity contribution is -0.137. The van der Waals surface area contributed by atoms with E-state index in [1.54, 1.807) is 12.1 Å². The Morgan fingerprint density at radius 2 is 1.70 bits per heavy atom. The molecule has 4 rings (SSSR count). The van der Waals surface area contributed by atoms with Crippen LogP contribution >= 0.6 is 0 Å². The number of carbonyl (C=O) groups is 1. The highest BCUT2D eigenvalue weighted by Crippen LogP contribution is 2.30. The summed E-state index contributed by atoms with van der Waals surface area (Å²) in [5.41, 5.74) is 1.76. The molecule has 0 saturated carbocycles. The molecule has 1 amide bonds. The molecule has 0 unspecified atom stereocenters. The van der Waals surface area contributed by atoms with Crippen LogP contribution in [0.4, 0.5) is 18.9 Å². The molecule has 2 aliphatic rings. The number of para-hydroxylation sites is 1. The largest absolute Gasteiger partial charge is 0.488 e. The van der Waals surface area contributed by atoms with Gasteiger partial charge < -0.3 is 15.0 Å². The van der Waals surface area contributed by atoms with Gasteiger partial charge in [0.2, 0.25) is 0 Å². The zero-order valence-corrected chi connectivity index (χ0v) is 18.4. The van der Waals surface area contributed by atoms with E-state index in [4.69, 9.17) is 4.74 Å². The standard InChI is InChI=1S/C25H28F3N3O2/c26-25(27,28)21-7-9-22(10-8-21)31-15-13-30(14-16-31)12-4-3-11-29-24(32)20-17-19-5-1-2-6-23(19)33-18-20/h1-2,5-10,17H,3-4,11-16,18H2,(H,29,32). The fraction of sp³-hybridized carbons (Fsp3) is 0.400. The Kier molecular flexibility index (Phi) is 7.23. The number of amides is 1. The summed E-state index contributed by atoms with van der Waals surface area (Å²) in [6.07, 6.45) is -0.567. The fourth-order valence-electron chi connectivity index (χ4n) is 4.11. The van der Waals surface area contributed by atoms with Crippen molar-refractivity contribution < 1.29 is 22.7 Å². The number of hydrogen-bond acceptors (Lipinski definition) is 4. The first-order valence-corrected chi connectivity index (χ1v) is 11.3. The molecule has 5 nitrogen and oxygen atoms in total. The summed E-state index contributed by atoms with van der Waals surface area (Å²) < 4.78 is 43.8. The SMILES string of the molecule is O=C(NCCCCN1CCN(c2ccc(C(F)(F)F)cc2)CC1)C1=Cc2ccccc2OC1. The summed E-state index contributed by atoms with van der Waals surface area (Å²) in [6.45, 7) is 5.16. The van der Waals surface area contributed by atoms with Gasteiger partial charge in [-0.05, 0) is 55.8 Å². The summed E-state index contributed by atoms with van der Waals surface area (Å²) in [5.74, 6) is 0.710. The topological polar surface area (TPSA) is 44.8 Å². The second kappa shape index (κ2) is 10.3. The maximum Gasteiger partial charge on any atom is 0.416 e. The Morgan fingerprint density at radius 1 is 0.970 bits per heavy atom. The van der Waals surface area contributed by atoms with Crippen LogP contribution in [-0.4, -0.2) is 56.7 Å². The Hall–Kier alpha value is -3.00. The number of piperazine rings is 1. The number of hydrogen-bond donors (Lipinski definition) is 1. The van der Waals surface area contributed by atoms with Crippen LogP contribution in [0.5, 0.6) is 5.75 Å². The zero-order valence-electron chi connectivity index (χ0n) is 18.4. The van der Waals surface area contributed by atoms with Crippen LogP contribution in [0.25, 0.3) is 6.08 Å². The fourth-order valence-corrected chi connectivity index (χ4v) is 4.11. The minimum atomic E-state index is -4.30. The van der Waals surface area contributed by atoms with Gasteiger partial charge in [0.15, 0.2) is 0 Å². The molecule has 0 aliphatic carbocycles. The highest BCUT2D eigenvalue weighted by molar-refractivity contribution is 5.99. The van der Waals surface area contributed by atoms with Crippen molar-refractivity contribution in [3.63, 3.8) is 0 Å². The molecule has 33 heavy (non-hydrogen) atoms. The van der Waals surface area contributed by atoms with Gasteiger partial charge in [-0.3, -0.25) is 9.69 Å². The summed E-state index contributed by atoms with van der Waals surface area (Å²) in [7, 11) is 0. The summed E-state index contributed by atoms with van der Waals surface area (Å²) in [5, 5.41) is 2.97. The molecule has 0 aromatic heterocycles. The number of alkyl halides is 3. The number of halogens is 3. The van der Waals surface area contributed by atoms with E-state index in [9.17, 15) is 18.0 Å². The predicted molar refractivity (Wildman–Crippen MR) is 122 cm³/mol. The van der Waals surface area contributed by atoms with Crippen LogP contribution in [0.2, 0.25) is 0 Å². The van der Waals surface area contributed by atoms with E-state index in [0.717, 1.165) is 74.7 Å². The minimum absolute atomic E-state index is 0.0883. The maximum atomic E-state index is 12.7. The molecule has 2 aliphatic heterocycles. The normalized spacial score (nSPS) is 16.6. The van der Waals surface area contributed by atoms with Crippen LogP contribution in [0.3, 0.4) is 0 Å². The molecule has 176 valence electrons. The predicted octanol–water partition coefficient (Wildman–Crippen LogP) is 4.20. The quantitative estimate of drug-likeness (QED) is 0.631. The number of rotatable bonds is 7. The van der Waals surface area contributed by atoms with Crippen molar-refractivity contribution in [2.24, 2.45) is 0 Å². The number of fused-ring (bicyclic) bond motifs is 1. The molecular weight excluding hydrogens is 431 g/mol. The maximum absolute atomic E-state index is 12.7. The minimum Gasteiger partial charge on any atom is -0.488 e. The molecule has 0 radical (unpaired) electrons. The summed E-state index contributed by atoms with van der Waals surface area (Å²) in [4.78, 5) is 16.9. The second-order valence-electron chi connectivity index (χ2n) is 8.33. The van der Waals surface area contributed by atoms with Gasteiger partial charge in [-0.1, -0.05) is 18.2 Å². The lowest BCUT2D eigenvalue weighted by Crippen LogP contribution is -2.46. The third-order valence-electron chi connectivity index (χ3n) is 6.04. The average Bonchev–Trinajstić information content (AvgIpc) is 2.83. The van der Waals surface area contributed by atoms with Crippen molar-refractivity contribution in [1.82, 2.24) is 10.2 Å². The van der Waals surface area contributed by atoms with E-state index in [0.29, 0.717) is 12.1 Å². The van der Waals surface area contributed by atoms with Crippen molar-refractivity contribution >= 4 is 17.7 Å². The van der Waals surface area contributed by atoms with Crippen LogP contribution in [0.15, 0.2) is 54.1 Å². The molecular formula is C25H28F3N3O2. The van der Waals surface area contributed by atoms with E-state index < -0.39 is 11.7 Å². The molecule has 2 aromatic rings. The van der Waals surface area contributed by atoms with Crippen LogP contribution in [0, 0.1) is 0 Å². The zero-order chi connectivity index (χ0) is 23.3. The monoisotopic (exact) mass is 459 g/mol. The van der Waals surface area contributed by atoms with Gasteiger partial charge in [0, 0.05) is 44.0 Å². The lowest BCUT2D eigenvalue weighted by atomic mass is 10.1. The third kappa shape index (κ3) is 6.07. The van der Waals surface area contributed by atoms with Gasteiger partial charge in [0.1, 0.15) is 12.4 Å². The summed E-state index contributed by atoms with van der Waals surface area (Å²) in [6, 6.07) is 13.0. The van der Waals surface area contributed by atoms with E-state index in [1.165, 1.54) is 0 Å². The van der Waals surface area contributed by atoms with Gasteiger partial charge in [0.25, 0.3) is 5.91 Å². The molecule has 8 heteroatoms. The molecule has 1 saturated heterocycles. The smallest absolute Gasteiger partial charge is 0.416 e. The number of unbranched alkanes of at least 4 members (excludes halogenated alkanes) is 1. The number of nitrogens with zero attached hydrogens (tertiary/aromatic N) is 2. The number of carbonyl (C=O) groups excluding carboxylic acids is 1. The molecule has 2 aromatic carbocycles. The van der Waals surface area contributed by atoms with Gasteiger partial charge in [-0.25, -0.2) is 0 Å². The molecule has 0 spiro atoms. The molecule has 1 fully saturated rings. The highest BCUT2D eigenvalue weighted by atomic mass is 19.4. The van der Waals surface area contributed by atoms with Gasteiger partial charge in [-0.2, -0.15) is 13.2 Å². The highest BCUT2D eigenvalue weighted by Gasteiger charge is 2.30. The van der Waals surface area contributed by atoms with Crippen molar-refractivity contribution in [3.05, 3.63) is 65.2 Å². The molecule has 2 heterocycles. The van der Waals surface area contributed by atoms with Crippen LogP contribution in [-0.2, 0) is 11.0 Å². The van der Waals surface area contributed by atoms with E-state index in [2.05, 4.69) is 15.1 Å². The van der Waals surface area contributed by atoms with Crippen molar-refractivity contribution in [2.75, 3.05) is 50.8 Å². The average molecular weight is 460 g/mol. The summed E-state index contributed by atoms with van der Waals surface area (Å²) >= 11 is 0. The Balaban J connectivity index is 1.13. The number of nitrogens with one attached hydrogen (secondary N) is 1. The van der Waals surface area contributed by atoms with Crippen LogP contribution in [0.1, 0.15) is 24.0 Å². The van der Waals surface area contributed by atoms with Gasteiger partial charge in [0.05, 0.1) is 11.1 Å². The van der Waals surface area contributed by atoms with Gasteiger partial charge in [-0.15, -0.1) is 0 Å². The number of anilines is 1. The van der Waals surface area contributed by atoms with Crippen molar-refractivity contribution in [1.29, 1.82) is 0 Å². The number of benzene rings is 2. The third-order valence-corrected chi connectivity index (χ3v) is 6.04. The van der Waals surface area contributed by atoms with Crippen LogP contribution < -0.4 is 15.0 Å². The van der Waals surface area contributed by atoms with Gasteiger partial charge >= 0.3 is 6.18 Å². The Labute approximate surface area is 191 Å².